The summed E-state index contributed by atoms with van der Waals surface area (Å²) in [5, 5.41) is 40.4. The maximum absolute atomic E-state index is 13.0. The Labute approximate surface area is 210 Å². The fourth-order valence-corrected chi connectivity index (χ4v) is 5.54. The molecule has 0 radical (unpaired) electrons. The average Bonchev–Trinajstić information content (AvgIpc) is 3.37. The number of aliphatic hydroxyl groups excluding tert-OH is 4. The Kier molecular flexibility index (Phi) is 8.32. The molecular formula is C25H33NO9S. The summed E-state index contributed by atoms with van der Waals surface area (Å²) >= 11 is 0. The van der Waals surface area contributed by atoms with Crippen molar-refractivity contribution in [3.63, 3.8) is 0 Å². The second-order valence-electron chi connectivity index (χ2n) is 9.33. The molecule has 2 saturated heterocycles. The quantitative estimate of drug-likeness (QED) is 0.381. The predicted octanol–water partition coefficient (Wildman–Crippen LogP) is 0.210. The number of nitrogens with zero attached hydrogens (tertiary/aromatic N) is 1. The van der Waals surface area contributed by atoms with E-state index in [0.717, 1.165) is 16.3 Å². The molecule has 2 aliphatic rings. The lowest BCUT2D eigenvalue weighted by molar-refractivity contribution is -0.231. The van der Waals surface area contributed by atoms with Gasteiger partial charge in [-0.15, -0.1) is 0 Å². The van der Waals surface area contributed by atoms with Crippen LogP contribution in [-0.4, -0.2) is 97.6 Å². The van der Waals surface area contributed by atoms with E-state index in [1.807, 2.05) is 24.3 Å². The summed E-state index contributed by atoms with van der Waals surface area (Å²) in [4.78, 5) is 0.101. The molecular weight excluding hydrogens is 490 g/mol. The largest absolute Gasteiger partial charge is 0.488 e. The number of hydrogen-bond donors (Lipinski definition) is 4. The SMILES string of the molecule is CN(C)S(=O)(=O)c1ccc([C@@H]2O[C@H](CO)[C@@H](O)[C@H](O)[C@H]2O)cc1Cc1ccc(OC2CCOC2)cc1. The minimum absolute atomic E-state index is 0.0166. The molecule has 1 unspecified atom stereocenters. The third kappa shape index (κ3) is 5.58. The zero-order valence-corrected chi connectivity index (χ0v) is 21.0. The molecule has 2 aromatic carbocycles. The summed E-state index contributed by atoms with van der Waals surface area (Å²) in [6.45, 7) is 0.678. The number of aliphatic hydroxyl groups is 4. The molecule has 0 amide bonds. The lowest BCUT2D eigenvalue weighted by atomic mass is 9.90. The predicted molar refractivity (Wildman–Crippen MR) is 129 cm³/mol. The van der Waals surface area contributed by atoms with Gasteiger partial charge in [0, 0.05) is 20.5 Å². The van der Waals surface area contributed by atoms with Gasteiger partial charge in [0.2, 0.25) is 10.0 Å². The molecule has 0 spiro atoms. The normalized spacial score (nSPS) is 29.0. The Morgan fingerprint density at radius 2 is 1.75 bits per heavy atom. The van der Waals surface area contributed by atoms with E-state index in [1.54, 1.807) is 6.07 Å². The third-order valence-corrected chi connectivity index (χ3v) is 8.49. The van der Waals surface area contributed by atoms with Gasteiger partial charge in [-0.2, -0.15) is 0 Å². The molecule has 11 heteroatoms. The lowest BCUT2D eigenvalue weighted by Gasteiger charge is -2.40. The minimum atomic E-state index is -3.79. The Bertz CT molecular complexity index is 1130. The first-order valence-corrected chi connectivity index (χ1v) is 13.2. The highest BCUT2D eigenvalue weighted by Crippen LogP contribution is 2.35. The second kappa shape index (κ2) is 11.1. The van der Waals surface area contributed by atoms with Crippen LogP contribution in [0.25, 0.3) is 0 Å². The van der Waals surface area contributed by atoms with Crippen molar-refractivity contribution in [1.82, 2.24) is 4.31 Å². The molecule has 2 aliphatic heterocycles. The second-order valence-corrected chi connectivity index (χ2v) is 11.4. The molecule has 2 aromatic rings. The van der Waals surface area contributed by atoms with E-state index in [2.05, 4.69) is 0 Å². The van der Waals surface area contributed by atoms with E-state index in [0.29, 0.717) is 30.1 Å². The highest BCUT2D eigenvalue weighted by Gasteiger charge is 2.44. The summed E-state index contributed by atoms with van der Waals surface area (Å²) < 4.78 is 44.1. The van der Waals surface area contributed by atoms with Gasteiger partial charge in [0.15, 0.2) is 0 Å². The van der Waals surface area contributed by atoms with E-state index in [4.69, 9.17) is 14.2 Å². The summed E-state index contributed by atoms with van der Waals surface area (Å²) in [5.41, 5.74) is 1.72. The van der Waals surface area contributed by atoms with Crippen molar-refractivity contribution in [2.75, 3.05) is 33.9 Å². The van der Waals surface area contributed by atoms with Gasteiger partial charge >= 0.3 is 0 Å². The molecule has 198 valence electrons. The maximum Gasteiger partial charge on any atom is 0.242 e. The highest BCUT2D eigenvalue weighted by atomic mass is 32.2. The molecule has 10 nitrogen and oxygen atoms in total. The average molecular weight is 524 g/mol. The van der Waals surface area contributed by atoms with Crippen LogP contribution in [0.2, 0.25) is 0 Å². The van der Waals surface area contributed by atoms with E-state index in [9.17, 15) is 28.8 Å². The molecule has 2 heterocycles. The van der Waals surface area contributed by atoms with E-state index in [1.165, 1.54) is 26.2 Å². The molecule has 36 heavy (non-hydrogen) atoms. The topological polar surface area (TPSA) is 146 Å². The van der Waals surface area contributed by atoms with Gasteiger partial charge in [-0.3, -0.25) is 0 Å². The maximum atomic E-state index is 13.0. The number of rotatable bonds is 8. The molecule has 2 fully saturated rings. The molecule has 0 saturated carbocycles. The van der Waals surface area contributed by atoms with Gasteiger partial charge in [-0.1, -0.05) is 24.3 Å². The van der Waals surface area contributed by atoms with Crippen LogP contribution in [-0.2, 0) is 25.9 Å². The number of benzene rings is 2. The third-order valence-electron chi connectivity index (χ3n) is 6.57. The molecule has 0 aliphatic carbocycles. The lowest BCUT2D eigenvalue weighted by Crippen LogP contribution is -2.55. The van der Waals surface area contributed by atoms with Gasteiger partial charge in [-0.25, -0.2) is 12.7 Å². The van der Waals surface area contributed by atoms with E-state index < -0.39 is 47.2 Å². The minimum Gasteiger partial charge on any atom is -0.488 e. The highest BCUT2D eigenvalue weighted by molar-refractivity contribution is 7.89. The van der Waals surface area contributed by atoms with Crippen LogP contribution in [0.1, 0.15) is 29.2 Å². The van der Waals surface area contributed by atoms with Crippen molar-refractivity contribution in [3.8, 4) is 5.75 Å². The molecule has 4 N–H and O–H groups in total. The summed E-state index contributed by atoms with van der Waals surface area (Å²) in [5.74, 6) is 0.699. The Hall–Kier alpha value is -2.09. The molecule has 4 rings (SSSR count). The van der Waals surface area contributed by atoms with Gasteiger partial charge in [0.05, 0.1) is 24.7 Å². The number of sulfonamides is 1. The van der Waals surface area contributed by atoms with Crippen molar-refractivity contribution in [1.29, 1.82) is 0 Å². The zero-order valence-electron chi connectivity index (χ0n) is 20.2. The van der Waals surface area contributed by atoms with Crippen LogP contribution in [0.3, 0.4) is 0 Å². The first-order valence-electron chi connectivity index (χ1n) is 11.8. The fourth-order valence-electron chi connectivity index (χ4n) is 4.44. The monoisotopic (exact) mass is 523 g/mol. The number of ether oxygens (including phenoxy) is 3. The van der Waals surface area contributed by atoms with Gasteiger partial charge in [-0.05, 0) is 41.3 Å². The van der Waals surface area contributed by atoms with Crippen molar-refractivity contribution >= 4 is 10.0 Å². The number of hydrogen-bond acceptors (Lipinski definition) is 9. The smallest absolute Gasteiger partial charge is 0.242 e. The molecule has 0 aromatic heterocycles. The standard InChI is InChI=1S/C25H33NO9S/c1-26(2)36(31,32)21-8-5-16(25-24(30)23(29)22(28)20(13-27)35-25)12-17(21)11-15-3-6-18(7-4-15)34-19-9-10-33-14-19/h3-8,12,19-20,22-25,27-30H,9-11,13-14H2,1-2H3/t19?,20-,22-,23+,24-,25+/m1/s1. The fraction of sp³-hybridized carbons (Fsp3) is 0.520. The Morgan fingerprint density at radius 1 is 1.03 bits per heavy atom. The van der Waals surface area contributed by atoms with Crippen molar-refractivity contribution in [3.05, 3.63) is 59.2 Å². The van der Waals surface area contributed by atoms with Crippen molar-refractivity contribution < 1.29 is 43.1 Å². The van der Waals surface area contributed by atoms with E-state index in [-0.39, 0.29) is 17.4 Å². The first kappa shape index (κ1) is 27.0. The van der Waals surface area contributed by atoms with Crippen LogP contribution >= 0.6 is 0 Å². The van der Waals surface area contributed by atoms with Crippen LogP contribution in [0.15, 0.2) is 47.4 Å². The van der Waals surface area contributed by atoms with Crippen LogP contribution in [0.5, 0.6) is 5.75 Å². The molecule has 0 bridgehead atoms. The van der Waals surface area contributed by atoms with Crippen LogP contribution < -0.4 is 4.74 Å². The van der Waals surface area contributed by atoms with Crippen LogP contribution in [0, 0.1) is 0 Å². The van der Waals surface area contributed by atoms with Gasteiger partial charge in [0.1, 0.15) is 42.4 Å². The summed E-state index contributed by atoms with van der Waals surface area (Å²) in [6.07, 6.45) is -5.51. The van der Waals surface area contributed by atoms with Crippen molar-refractivity contribution in [2.24, 2.45) is 0 Å². The Morgan fingerprint density at radius 3 is 2.36 bits per heavy atom. The van der Waals surface area contributed by atoms with Crippen molar-refractivity contribution in [2.45, 2.75) is 54.4 Å². The summed E-state index contributed by atoms with van der Waals surface area (Å²) in [6, 6.07) is 11.9. The molecule has 6 atom stereocenters. The van der Waals surface area contributed by atoms with Crippen LogP contribution in [0.4, 0.5) is 0 Å². The van der Waals surface area contributed by atoms with E-state index >= 15 is 0 Å². The zero-order chi connectivity index (χ0) is 26.0. The summed E-state index contributed by atoms with van der Waals surface area (Å²) in [7, 11) is -0.890. The first-order chi connectivity index (χ1) is 17.1. The van der Waals surface area contributed by atoms with Gasteiger partial charge in [0.25, 0.3) is 0 Å². The Balaban J connectivity index is 1.65. The van der Waals surface area contributed by atoms with Gasteiger partial charge < -0.3 is 34.6 Å².